The van der Waals surface area contributed by atoms with Crippen molar-refractivity contribution in [1.82, 2.24) is 5.32 Å². The van der Waals surface area contributed by atoms with Crippen molar-refractivity contribution in [3.05, 3.63) is 35.1 Å². The van der Waals surface area contributed by atoms with Crippen molar-refractivity contribution in [3.63, 3.8) is 0 Å². The normalized spacial score (nSPS) is 10.7. The monoisotopic (exact) mass is 245 g/mol. The van der Waals surface area contributed by atoms with Crippen LogP contribution in [0.5, 0.6) is 0 Å². The molecule has 0 fully saturated rings. The Morgan fingerprint density at radius 2 is 1.88 bits per heavy atom. The lowest BCUT2D eigenvalue weighted by Gasteiger charge is -2.08. The fraction of sp³-hybridized carbons (Fsp3) is 0.417. The fourth-order valence-corrected chi connectivity index (χ4v) is 1.27. The van der Waals surface area contributed by atoms with Crippen LogP contribution in [0, 0.1) is 23.4 Å². The van der Waals surface area contributed by atoms with Crippen LogP contribution in [0.1, 0.15) is 30.6 Å². The summed E-state index contributed by atoms with van der Waals surface area (Å²) in [7, 11) is 0. The van der Waals surface area contributed by atoms with E-state index in [9.17, 15) is 18.0 Å². The molecule has 0 aromatic heterocycles. The van der Waals surface area contributed by atoms with Crippen molar-refractivity contribution in [2.24, 2.45) is 5.92 Å². The van der Waals surface area contributed by atoms with Crippen molar-refractivity contribution in [2.45, 2.75) is 20.3 Å². The molecule has 0 aliphatic heterocycles. The summed E-state index contributed by atoms with van der Waals surface area (Å²) in [5.41, 5.74) is -0.479. The van der Waals surface area contributed by atoms with Gasteiger partial charge in [-0.25, -0.2) is 13.2 Å². The maximum Gasteiger partial charge on any atom is 0.254 e. The van der Waals surface area contributed by atoms with Crippen molar-refractivity contribution in [1.29, 1.82) is 0 Å². The average molecular weight is 245 g/mol. The van der Waals surface area contributed by atoms with Gasteiger partial charge in [-0.05, 0) is 24.5 Å². The molecule has 0 radical (unpaired) electrons. The first-order chi connectivity index (χ1) is 7.93. The summed E-state index contributed by atoms with van der Waals surface area (Å²) in [5.74, 6) is -4.72. The molecule has 1 aromatic carbocycles. The predicted molar refractivity (Wildman–Crippen MR) is 58.1 cm³/mol. The number of hydrogen-bond donors (Lipinski definition) is 1. The smallest absolute Gasteiger partial charge is 0.254 e. The Morgan fingerprint density at radius 3 is 2.47 bits per heavy atom. The van der Waals surface area contributed by atoms with Gasteiger partial charge in [0.25, 0.3) is 5.91 Å². The highest BCUT2D eigenvalue weighted by molar-refractivity contribution is 5.94. The molecule has 0 atom stereocenters. The van der Waals surface area contributed by atoms with E-state index in [0.717, 1.165) is 18.6 Å². The zero-order chi connectivity index (χ0) is 13.0. The zero-order valence-electron chi connectivity index (χ0n) is 9.69. The molecule has 0 aliphatic rings. The Hall–Kier alpha value is -1.52. The molecule has 0 bridgehead atoms. The first-order valence-corrected chi connectivity index (χ1v) is 5.35. The van der Waals surface area contributed by atoms with E-state index in [-0.39, 0.29) is 0 Å². The highest BCUT2D eigenvalue weighted by atomic mass is 19.2. The molecule has 0 saturated heterocycles. The highest BCUT2D eigenvalue weighted by Crippen LogP contribution is 2.15. The summed E-state index contributed by atoms with van der Waals surface area (Å²) in [6.07, 6.45) is 0.733. The first kappa shape index (κ1) is 13.5. The molecule has 94 valence electrons. The summed E-state index contributed by atoms with van der Waals surface area (Å²) in [6.45, 7) is 4.32. The lowest BCUT2D eigenvalue weighted by atomic mass is 10.1. The van der Waals surface area contributed by atoms with Gasteiger partial charge in [0.2, 0.25) is 0 Å². The second kappa shape index (κ2) is 5.70. The van der Waals surface area contributed by atoms with Gasteiger partial charge in [0.05, 0.1) is 5.56 Å². The Kier molecular flexibility index (Phi) is 4.54. The minimum atomic E-state index is -1.62. The lowest BCUT2D eigenvalue weighted by molar-refractivity contribution is 0.0946. The number of rotatable bonds is 4. The number of carbonyl (C=O) groups excluding carboxylic acids is 1. The van der Waals surface area contributed by atoms with Gasteiger partial charge in [-0.3, -0.25) is 4.79 Å². The zero-order valence-corrected chi connectivity index (χ0v) is 9.69. The van der Waals surface area contributed by atoms with Crippen LogP contribution >= 0.6 is 0 Å². The second-order valence-electron chi connectivity index (χ2n) is 4.16. The summed E-state index contributed by atoms with van der Waals surface area (Å²) < 4.78 is 38.7. The van der Waals surface area contributed by atoms with Gasteiger partial charge in [-0.1, -0.05) is 13.8 Å². The quantitative estimate of drug-likeness (QED) is 0.812. The molecule has 1 amide bonds. The largest absolute Gasteiger partial charge is 0.352 e. The maximum absolute atomic E-state index is 13.2. The van der Waals surface area contributed by atoms with E-state index in [1.54, 1.807) is 0 Å². The van der Waals surface area contributed by atoms with Gasteiger partial charge in [-0.2, -0.15) is 0 Å². The van der Waals surface area contributed by atoms with E-state index >= 15 is 0 Å². The molecule has 2 nitrogen and oxygen atoms in total. The maximum atomic E-state index is 13.2. The van der Waals surface area contributed by atoms with Crippen molar-refractivity contribution >= 4 is 5.91 Å². The standard InChI is InChI=1S/C12H14F3NO/c1-7(2)5-6-16-12(17)8-3-4-9(13)11(15)10(8)14/h3-4,7H,5-6H2,1-2H3,(H,16,17). The summed E-state index contributed by atoms with van der Waals surface area (Å²) in [5, 5.41) is 2.45. The highest BCUT2D eigenvalue weighted by Gasteiger charge is 2.18. The second-order valence-corrected chi connectivity index (χ2v) is 4.16. The van der Waals surface area contributed by atoms with Crippen LogP contribution in [0.3, 0.4) is 0 Å². The van der Waals surface area contributed by atoms with E-state index in [2.05, 4.69) is 5.32 Å². The molecular formula is C12H14F3NO. The molecule has 0 spiro atoms. The molecule has 1 rings (SSSR count). The van der Waals surface area contributed by atoms with Crippen molar-refractivity contribution in [3.8, 4) is 0 Å². The molecular weight excluding hydrogens is 231 g/mol. The molecule has 0 saturated carbocycles. The van der Waals surface area contributed by atoms with Crippen LogP contribution in [0.15, 0.2) is 12.1 Å². The predicted octanol–water partition coefficient (Wildman–Crippen LogP) is 2.88. The fourth-order valence-electron chi connectivity index (χ4n) is 1.27. The van der Waals surface area contributed by atoms with Gasteiger partial charge < -0.3 is 5.32 Å². The SMILES string of the molecule is CC(C)CCNC(=O)c1ccc(F)c(F)c1F. The average Bonchev–Trinajstić information content (AvgIpc) is 2.25. The summed E-state index contributed by atoms with van der Waals surface area (Å²) in [6, 6.07) is 1.66. The van der Waals surface area contributed by atoms with Gasteiger partial charge in [0.15, 0.2) is 17.5 Å². The van der Waals surface area contributed by atoms with E-state index in [1.807, 2.05) is 13.8 Å². The molecule has 5 heteroatoms. The van der Waals surface area contributed by atoms with Crippen LogP contribution in [0.25, 0.3) is 0 Å². The van der Waals surface area contributed by atoms with Crippen molar-refractivity contribution < 1.29 is 18.0 Å². The topological polar surface area (TPSA) is 29.1 Å². The Balaban J connectivity index is 2.73. The van der Waals surface area contributed by atoms with Gasteiger partial charge >= 0.3 is 0 Å². The molecule has 1 aromatic rings. The minimum Gasteiger partial charge on any atom is -0.352 e. The molecule has 0 unspecified atom stereocenters. The number of carbonyl (C=O) groups is 1. The van der Waals surface area contributed by atoms with E-state index < -0.39 is 28.9 Å². The number of halogens is 3. The lowest BCUT2D eigenvalue weighted by Crippen LogP contribution is -2.26. The molecule has 17 heavy (non-hydrogen) atoms. The third kappa shape index (κ3) is 3.47. The van der Waals surface area contributed by atoms with Crippen LogP contribution in [0.2, 0.25) is 0 Å². The first-order valence-electron chi connectivity index (χ1n) is 5.35. The number of amides is 1. The molecule has 1 N–H and O–H groups in total. The number of benzene rings is 1. The van der Waals surface area contributed by atoms with Crippen LogP contribution in [-0.2, 0) is 0 Å². The van der Waals surface area contributed by atoms with Crippen LogP contribution in [-0.4, -0.2) is 12.5 Å². The Morgan fingerprint density at radius 1 is 1.24 bits per heavy atom. The van der Waals surface area contributed by atoms with E-state index in [4.69, 9.17) is 0 Å². The molecule has 0 heterocycles. The van der Waals surface area contributed by atoms with E-state index in [1.165, 1.54) is 0 Å². The Bertz CT molecular complexity index is 418. The third-order valence-electron chi connectivity index (χ3n) is 2.29. The summed E-state index contributed by atoms with van der Waals surface area (Å²) >= 11 is 0. The minimum absolute atomic E-state index is 0.370. The van der Waals surface area contributed by atoms with Crippen LogP contribution < -0.4 is 5.32 Å². The third-order valence-corrected chi connectivity index (χ3v) is 2.29. The van der Waals surface area contributed by atoms with Crippen LogP contribution in [0.4, 0.5) is 13.2 Å². The summed E-state index contributed by atoms with van der Waals surface area (Å²) in [4.78, 5) is 11.5. The van der Waals surface area contributed by atoms with E-state index in [0.29, 0.717) is 12.5 Å². The van der Waals surface area contributed by atoms with Gasteiger partial charge in [-0.15, -0.1) is 0 Å². The number of nitrogens with one attached hydrogen (secondary N) is 1. The van der Waals surface area contributed by atoms with Gasteiger partial charge in [0, 0.05) is 6.54 Å². The van der Waals surface area contributed by atoms with Gasteiger partial charge in [0.1, 0.15) is 0 Å². The Labute approximate surface area is 97.8 Å². The molecule has 0 aliphatic carbocycles. The number of hydrogen-bond acceptors (Lipinski definition) is 1. The van der Waals surface area contributed by atoms with Crippen molar-refractivity contribution in [2.75, 3.05) is 6.54 Å².